The molecule has 1 aliphatic heterocycles. The largest absolute Gasteiger partial charge is 0.381 e. The molecule has 2 aromatic rings. The summed E-state index contributed by atoms with van der Waals surface area (Å²) in [5, 5.41) is 0. The van der Waals surface area contributed by atoms with Gasteiger partial charge in [-0.15, -0.1) is 0 Å². The molecule has 0 bridgehead atoms. The van der Waals surface area contributed by atoms with Crippen LogP contribution in [0.3, 0.4) is 0 Å². The summed E-state index contributed by atoms with van der Waals surface area (Å²) in [6.07, 6.45) is 4.30. The standard InChI is InChI=1S/C17H18FN3O2/c1-21(16-19-9-2-10-20-16)15(22)17(7-11-23-12-8-17)13-3-5-14(18)6-4-13/h2-6,9-10H,7-8,11-12H2,1H3. The molecule has 0 spiro atoms. The smallest absolute Gasteiger partial charge is 0.239 e. The van der Waals surface area contributed by atoms with E-state index in [1.807, 2.05) is 0 Å². The predicted octanol–water partition coefficient (Wildman–Crippen LogP) is 2.33. The van der Waals surface area contributed by atoms with Gasteiger partial charge < -0.3 is 4.74 Å². The number of rotatable bonds is 3. The van der Waals surface area contributed by atoms with Crippen molar-refractivity contribution in [2.45, 2.75) is 18.3 Å². The number of hydrogen-bond donors (Lipinski definition) is 0. The minimum absolute atomic E-state index is 0.0985. The summed E-state index contributed by atoms with van der Waals surface area (Å²) >= 11 is 0. The van der Waals surface area contributed by atoms with E-state index in [0.717, 1.165) is 5.56 Å². The molecule has 1 aliphatic rings. The van der Waals surface area contributed by atoms with Gasteiger partial charge in [0.15, 0.2) is 0 Å². The molecular weight excluding hydrogens is 297 g/mol. The molecule has 3 rings (SSSR count). The van der Waals surface area contributed by atoms with Gasteiger partial charge in [0.05, 0.1) is 5.41 Å². The van der Waals surface area contributed by atoms with E-state index in [1.165, 1.54) is 17.0 Å². The minimum atomic E-state index is -0.736. The maximum Gasteiger partial charge on any atom is 0.239 e. The van der Waals surface area contributed by atoms with Crippen LogP contribution in [0, 0.1) is 5.82 Å². The number of halogens is 1. The third-order valence-corrected chi connectivity index (χ3v) is 4.31. The molecule has 0 saturated carbocycles. The third-order valence-electron chi connectivity index (χ3n) is 4.31. The van der Waals surface area contributed by atoms with Crippen molar-refractivity contribution < 1.29 is 13.9 Å². The van der Waals surface area contributed by atoms with E-state index in [4.69, 9.17) is 4.74 Å². The lowest BCUT2D eigenvalue weighted by Gasteiger charge is -2.38. The van der Waals surface area contributed by atoms with Crippen LogP contribution in [0.4, 0.5) is 10.3 Å². The Kier molecular flexibility index (Phi) is 4.34. The Hall–Kier alpha value is -2.34. The van der Waals surface area contributed by atoms with Crippen molar-refractivity contribution in [1.82, 2.24) is 9.97 Å². The van der Waals surface area contributed by atoms with Gasteiger partial charge in [-0.3, -0.25) is 9.69 Å². The SMILES string of the molecule is CN(C(=O)C1(c2ccc(F)cc2)CCOCC1)c1ncccn1. The van der Waals surface area contributed by atoms with Gasteiger partial charge in [0, 0.05) is 32.7 Å². The molecule has 0 radical (unpaired) electrons. The first-order chi connectivity index (χ1) is 11.1. The number of likely N-dealkylation sites (N-methyl/N-ethyl adjacent to an activating group) is 1. The lowest BCUT2D eigenvalue weighted by Crippen LogP contribution is -2.49. The highest BCUT2D eigenvalue weighted by atomic mass is 19.1. The maximum atomic E-state index is 13.3. The van der Waals surface area contributed by atoms with E-state index in [9.17, 15) is 9.18 Å². The number of aromatic nitrogens is 2. The second kappa shape index (κ2) is 6.42. The Bertz CT molecular complexity index is 670. The zero-order chi connectivity index (χ0) is 16.3. The van der Waals surface area contributed by atoms with Crippen LogP contribution in [-0.2, 0) is 14.9 Å². The summed E-state index contributed by atoms with van der Waals surface area (Å²) in [6.45, 7) is 0.985. The fourth-order valence-corrected chi connectivity index (χ4v) is 2.99. The van der Waals surface area contributed by atoms with Crippen LogP contribution in [0.2, 0.25) is 0 Å². The van der Waals surface area contributed by atoms with E-state index in [1.54, 1.807) is 37.6 Å². The number of anilines is 1. The lowest BCUT2D eigenvalue weighted by atomic mass is 9.73. The number of ether oxygens (including phenoxy) is 1. The molecule has 1 fully saturated rings. The van der Waals surface area contributed by atoms with Crippen molar-refractivity contribution in [3.05, 3.63) is 54.1 Å². The summed E-state index contributed by atoms with van der Waals surface area (Å²) in [7, 11) is 1.67. The zero-order valence-electron chi connectivity index (χ0n) is 12.9. The Morgan fingerprint density at radius 3 is 2.39 bits per heavy atom. The number of benzene rings is 1. The second-order valence-corrected chi connectivity index (χ2v) is 5.61. The van der Waals surface area contributed by atoms with Crippen LogP contribution in [0.1, 0.15) is 18.4 Å². The lowest BCUT2D eigenvalue weighted by molar-refractivity contribution is -0.127. The Balaban J connectivity index is 1.98. The quantitative estimate of drug-likeness (QED) is 0.872. The average Bonchev–Trinajstić information content (AvgIpc) is 2.62. The van der Waals surface area contributed by atoms with Crippen LogP contribution < -0.4 is 4.90 Å². The molecule has 2 heterocycles. The second-order valence-electron chi connectivity index (χ2n) is 5.61. The molecule has 0 N–H and O–H groups in total. The van der Waals surface area contributed by atoms with Crippen molar-refractivity contribution in [3.63, 3.8) is 0 Å². The van der Waals surface area contributed by atoms with Gasteiger partial charge in [-0.05, 0) is 36.6 Å². The normalized spacial score (nSPS) is 16.8. The highest BCUT2D eigenvalue weighted by Crippen LogP contribution is 2.37. The highest BCUT2D eigenvalue weighted by molar-refractivity contribution is 5.99. The molecule has 23 heavy (non-hydrogen) atoms. The van der Waals surface area contributed by atoms with Gasteiger partial charge >= 0.3 is 0 Å². The van der Waals surface area contributed by atoms with Gasteiger partial charge in [0.1, 0.15) is 5.82 Å². The van der Waals surface area contributed by atoms with Crippen LogP contribution in [0.5, 0.6) is 0 Å². The molecule has 0 unspecified atom stereocenters. The average molecular weight is 315 g/mol. The summed E-state index contributed by atoms with van der Waals surface area (Å²) in [6, 6.07) is 7.83. The fraction of sp³-hybridized carbons (Fsp3) is 0.353. The molecule has 6 heteroatoms. The monoisotopic (exact) mass is 315 g/mol. The number of nitrogens with zero attached hydrogens (tertiary/aromatic N) is 3. The van der Waals surface area contributed by atoms with E-state index < -0.39 is 5.41 Å². The van der Waals surface area contributed by atoms with Gasteiger partial charge in [-0.1, -0.05) is 12.1 Å². The van der Waals surface area contributed by atoms with E-state index in [-0.39, 0.29) is 11.7 Å². The van der Waals surface area contributed by atoms with Crippen molar-refractivity contribution in [2.24, 2.45) is 0 Å². The maximum absolute atomic E-state index is 13.3. The van der Waals surface area contributed by atoms with E-state index in [0.29, 0.717) is 32.0 Å². The van der Waals surface area contributed by atoms with Crippen molar-refractivity contribution in [2.75, 3.05) is 25.2 Å². The first-order valence-electron chi connectivity index (χ1n) is 7.52. The Labute approximate surface area is 134 Å². The number of amides is 1. The molecule has 0 atom stereocenters. The minimum Gasteiger partial charge on any atom is -0.381 e. The first-order valence-corrected chi connectivity index (χ1v) is 7.52. The number of carbonyl (C=O) groups excluding carboxylic acids is 1. The zero-order valence-corrected chi connectivity index (χ0v) is 12.9. The molecule has 5 nitrogen and oxygen atoms in total. The van der Waals surface area contributed by atoms with Crippen molar-refractivity contribution >= 4 is 11.9 Å². The summed E-state index contributed by atoms with van der Waals surface area (Å²) in [5.74, 6) is -0.0627. The highest BCUT2D eigenvalue weighted by Gasteiger charge is 2.44. The summed E-state index contributed by atoms with van der Waals surface area (Å²) in [4.78, 5) is 22.9. The molecule has 1 saturated heterocycles. The number of hydrogen-bond acceptors (Lipinski definition) is 4. The van der Waals surface area contributed by atoms with Crippen LogP contribution in [0.15, 0.2) is 42.7 Å². The molecule has 1 aromatic carbocycles. The van der Waals surface area contributed by atoms with Crippen molar-refractivity contribution in [3.8, 4) is 0 Å². The van der Waals surface area contributed by atoms with Gasteiger partial charge in [-0.25, -0.2) is 14.4 Å². The van der Waals surface area contributed by atoms with Gasteiger partial charge in [0.2, 0.25) is 11.9 Å². The topological polar surface area (TPSA) is 55.3 Å². The molecule has 1 aromatic heterocycles. The molecule has 0 aliphatic carbocycles. The molecule has 120 valence electrons. The van der Waals surface area contributed by atoms with Crippen LogP contribution >= 0.6 is 0 Å². The van der Waals surface area contributed by atoms with Crippen LogP contribution in [0.25, 0.3) is 0 Å². The van der Waals surface area contributed by atoms with Gasteiger partial charge in [-0.2, -0.15) is 0 Å². The predicted molar refractivity (Wildman–Crippen MR) is 83.6 cm³/mol. The third kappa shape index (κ3) is 2.94. The van der Waals surface area contributed by atoms with Crippen LogP contribution in [-0.4, -0.2) is 36.1 Å². The Morgan fingerprint density at radius 1 is 1.17 bits per heavy atom. The molecular formula is C17H18FN3O2. The fourth-order valence-electron chi connectivity index (χ4n) is 2.99. The van der Waals surface area contributed by atoms with Crippen molar-refractivity contribution in [1.29, 1.82) is 0 Å². The Morgan fingerprint density at radius 2 is 1.78 bits per heavy atom. The van der Waals surface area contributed by atoms with E-state index in [2.05, 4.69) is 9.97 Å². The molecule has 1 amide bonds. The van der Waals surface area contributed by atoms with Gasteiger partial charge in [0.25, 0.3) is 0 Å². The summed E-state index contributed by atoms with van der Waals surface area (Å²) in [5.41, 5.74) is 0.0647. The summed E-state index contributed by atoms with van der Waals surface area (Å²) < 4.78 is 18.7. The first kappa shape index (κ1) is 15.6. The van der Waals surface area contributed by atoms with E-state index >= 15 is 0 Å². The number of carbonyl (C=O) groups is 1.